The van der Waals surface area contributed by atoms with Crippen LogP contribution in [0, 0.1) is 6.92 Å². The van der Waals surface area contributed by atoms with Crippen LogP contribution in [0.3, 0.4) is 0 Å². The third kappa shape index (κ3) is 4.72. The van der Waals surface area contributed by atoms with Gasteiger partial charge >= 0.3 is 0 Å². The lowest BCUT2D eigenvalue weighted by Gasteiger charge is -2.20. The minimum atomic E-state index is 0. The Labute approximate surface area is 215 Å². The van der Waals surface area contributed by atoms with E-state index in [4.69, 9.17) is 0 Å². The number of rotatable bonds is 6. The molecule has 36 heavy (non-hydrogen) atoms. The molecule has 5 rings (SSSR count). The number of benzene rings is 5. The van der Waals surface area contributed by atoms with E-state index in [1.54, 1.807) is 0 Å². The molecule has 5 aromatic carbocycles. The van der Waals surface area contributed by atoms with Crippen molar-refractivity contribution in [2.75, 3.05) is 0 Å². The van der Waals surface area contributed by atoms with Crippen molar-refractivity contribution in [1.29, 1.82) is 0 Å². The van der Waals surface area contributed by atoms with Crippen molar-refractivity contribution >= 4 is 35.1 Å². The van der Waals surface area contributed by atoms with Crippen molar-refractivity contribution in [2.24, 2.45) is 0 Å². The lowest BCUT2D eigenvalue weighted by atomic mass is 9.83. The number of fused-ring (bicyclic) bond motifs is 1. The van der Waals surface area contributed by atoms with Crippen LogP contribution in [-0.2, 0) is 0 Å². The SMILES string of the molecule is C.C=Cc1c(C=C)c(-c2cccc(C)c2)c2ccccc2c1-c1ccc(/C=C/c2ccccc2)cc1. The van der Waals surface area contributed by atoms with Crippen LogP contribution in [0.4, 0.5) is 0 Å². The average Bonchev–Trinajstić information content (AvgIpc) is 2.91. The summed E-state index contributed by atoms with van der Waals surface area (Å²) >= 11 is 0. The third-order valence-corrected chi connectivity index (χ3v) is 6.48. The van der Waals surface area contributed by atoms with E-state index in [9.17, 15) is 0 Å². The van der Waals surface area contributed by atoms with Gasteiger partial charge in [-0.3, -0.25) is 0 Å². The number of hydrogen-bond acceptors (Lipinski definition) is 0. The zero-order valence-corrected chi connectivity index (χ0v) is 20.0. The molecule has 0 aromatic heterocycles. The van der Waals surface area contributed by atoms with Crippen LogP contribution in [-0.4, -0.2) is 0 Å². The highest BCUT2D eigenvalue weighted by Gasteiger charge is 2.18. The Morgan fingerprint density at radius 2 is 1.06 bits per heavy atom. The van der Waals surface area contributed by atoms with E-state index in [0.29, 0.717) is 0 Å². The summed E-state index contributed by atoms with van der Waals surface area (Å²) in [5.41, 5.74) is 10.6. The fourth-order valence-electron chi connectivity index (χ4n) is 4.84. The molecule has 0 atom stereocenters. The molecule has 0 aliphatic heterocycles. The first-order valence-corrected chi connectivity index (χ1v) is 11.9. The lowest BCUT2D eigenvalue weighted by molar-refractivity contribution is 1.47. The lowest BCUT2D eigenvalue weighted by Crippen LogP contribution is -1.96. The molecule has 0 heteroatoms. The summed E-state index contributed by atoms with van der Waals surface area (Å²) in [6.45, 7) is 10.5. The van der Waals surface area contributed by atoms with Gasteiger partial charge in [0.05, 0.1) is 0 Å². The fraction of sp³-hybridized carbons (Fsp3) is 0.0556. The zero-order chi connectivity index (χ0) is 24.2. The molecule has 0 N–H and O–H groups in total. The Morgan fingerprint density at radius 1 is 0.528 bits per heavy atom. The molecular formula is C36H32. The van der Waals surface area contributed by atoms with Gasteiger partial charge in [0.2, 0.25) is 0 Å². The van der Waals surface area contributed by atoms with Crippen molar-refractivity contribution in [3.05, 3.63) is 144 Å². The Balaban J connectivity index is 0.00000304. The summed E-state index contributed by atoms with van der Waals surface area (Å²) in [7, 11) is 0. The van der Waals surface area contributed by atoms with Crippen LogP contribution >= 0.6 is 0 Å². The van der Waals surface area contributed by atoms with Gasteiger partial charge in [0.1, 0.15) is 0 Å². The normalized spacial score (nSPS) is 10.8. The van der Waals surface area contributed by atoms with Crippen LogP contribution in [0.25, 0.3) is 57.3 Å². The van der Waals surface area contributed by atoms with Crippen molar-refractivity contribution in [3.8, 4) is 22.3 Å². The maximum Gasteiger partial charge on any atom is -0.00265 e. The van der Waals surface area contributed by atoms with Gasteiger partial charge in [0.15, 0.2) is 0 Å². The topological polar surface area (TPSA) is 0 Å². The maximum absolute atomic E-state index is 4.21. The van der Waals surface area contributed by atoms with Crippen LogP contribution in [0.2, 0.25) is 0 Å². The predicted molar refractivity (Wildman–Crippen MR) is 162 cm³/mol. The summed E-state index contributed by atoms with van der Waals surface area (Å²) in [5.74, 6) is 0. The molecule has 0 spiro atoms. The van der Waals surface area contributed by atoms with Gasteiger partial charge in [-0.15, -0.1) is 0 Å². The number of aryl methyl sites for hydroxylation is 1. The quantitative estimate of drug-likeness (QED) is 0.219. The second-order valence-electron chi connectivity index (χ2n) is 8.77. The van der Waals surface area contributed by atoms with Gasteiger partial charge in [-0.2, -0.15) is 0 Å². The smallest absolute Gasteiger partial charge is 0.00265 e. The highest BCUT2D eigenvalue weighted by Crippen LogP contribution is 2.43. The molecule has 0 radical (unpaired) electrons. The summed E-state index contributed by atoms with van der Waals surface area (Å²) in [4.78, 5) is 0. The van der Waals surface area contributed by atoms with Gasteiger partial charge in [-0.05, 0) is 62.2 Å². The summed E-state index contributed by atoms with van der Waals surface area (Å²) < 4.78 is 0. The van der Waals surface area contributed by atoms with Crippen LogP contribution in [0.5, 0.6) is 0 Å². The van der Waals surface area contributed by atoms with E-state index >= 15 is 0 Å². The molecule has 0 fully saturated rings. The third-order valence-electron chi connectivity index (χ3n) is 6.48. The molecule has 0 saturated carbocycles. The average molecular weight is 465 g/mol. The molecule has 0 aliphatic carbocycles. The van der Waals surface area contributed by atoms with Gasteiger partial charge < -0.3 is 0 Å². The van der Waals surface area contributed by atoms with Gasteiger partial charge in [0, 0.05) is 0 Å². The highest BCUT2D eigenvalue weighted by molar-refractivity contribution is 6.11. The van der Waals surface area contributed by atoms with Gasteiger partial charge in [0.25, 0.3) is 0 Å². The first kappa shape index (κ1) is 24.7. The van der Waals surface area contributed by atoms with E-state index in [1.807, 2.05) is 18.2 Å². The van der Waals surface area contributed by atoms with Gasteiger partial charge in [-0.25, -0.2) is 0 Å². The molecule has 0 unspecified atom stereocenters. The van der Waals surface area contributed by atoms with Crippen molar-refractivity contribution in [3.63, 3.8) is 0 Å². The molecule has 0 heterocycles. The standard InChI is InChI=1S/C35H28.CH4/c1-4-30-31(5-2)35(29-15-11-12-25(3)24-29)33-17-10-9-16-32(33)34(30)28-22-20-27(21-23-28)19-18-26-13-7-6-8-14-26;/h4-24H,1-2H2,3H3;1H4/b19-18+;. The first-order valence-electron chi connectivity index (χ1n) is 11.9. The van der Waals surface area contributed by atoms with E-state index < -0.39 is 0 Å². The monoisotopic (exact) mass is 464 g/mol. The zero-order valence-electron chi connectivity index (χ0n) is 20.0. The Kier molecular flexibility index (Phi) is 7.47. The minimum absolute atomic E-state index is 0. The van der Waals surface area contributed by atoms with E-state index in [1.165, 1.54) is 49.7 Å². The molecule has 0 aliphatic rings. The first-order chi connectivity index (χ1) is 17.2. The largest absolute Gasteiger partial charge is 0.0984 e. The molecular weight excluding hydrogens is 432 g/mol. The summed E-state index contributed by atoms with van der Waals surface area (Å²) in [6, 6.07) is 36.5. The highest BCUT2D eigenvalue weighted by atomic mass is 14.2. The molecule has 0 nitrogen and oxygen atoms in total. The molecule has 0 saturated heterocycles. The van der Waals surface area contributed by atoms with Gasteiger partial charge in [-0.1, -0.05) is 154 Å². The predicted octanol–water partition coefficient (Wildman–Crippen LogP) is 10.6. The Bertz CT molecular complexity index is 1550. The van der Waals surface area contributed by atoms with E-state index in [-0.39, 0.29) is 7.43 Å². The van der Waals surface area contributed by atoms with Crippen LogP contribution < -0.4 is 0 Å². The molecule has 176 valence electrons. The van der Waals surface area contributed by atoms with Crippen molar-refractivity contribution < 1.29 is 0 Å². The Hall–Kier alpha value is -4.42. The summed E-state index contributed by atoms with van der Waals surface area (Å²) in [5, 5.41) is 2.44. The van der Waals surface area contributed by atoms with Crippen LogP contribution in [0.1, 0.15) is 35.2 Å². The number of hydrogen-bond donors (Lipinski definition) is 0. The molecule has 0 bridgehead atoms. The second-order valence-corrected chi connectivity index (χ2v) is 8.77. The van der Waals surface area contributed by atoms with Crippen molar-refractivity contribution in [2.45, 2.75) is 14.4 Å². The molecule has 5 aromatic rings. The Morgan fingerprint density at radius 3 is 1.61 bits per heavy atom. The van der Waals surface area contributed by atoms with Crippen molar-refractivity contribution in [1.82, 2.24) is 0 Å². The fourth-order valence-corrected chi connectivity index (χ4v) is 4.84. The maximum atomic E-state index is 4.21. The summed E-state index contributed by atoms with van der Waals surface area (Å²) in [6.07, 6.45) is 8.25. The van der Waals surface area contributed by atoms with E-state index in [2.05, 4.69) is 129 Å². The second kappa shape index (κ2) is 10.9. The molecule has 0 amide bonds. The minimum Gasteiger partial charge on any atom is -0.0984 e. The van der Waals surface area contributed by atoms with E-state index in [0.717, 1.165) is 11.1 Å². The van der Waals surface area contributed by atoms with Crippen LogP contribution in [0.15, 0.2) is 116 Å².